The lowest BCUT2D eigenvalue weighted by Crippen LogP contribution is -2.39. The standard InChI is InChI=1S/C19H32N4O3.HI/c1-4-25-16-6-7-18(26-5-2)17(12-16)22-19(20)21-13-15(3)14-23-8-10-24-11-9-23;/h6-7,12,15H,4-5,8-11,13-14H2,1-3H3,(H3,20,21,22);1H. The van der Waals surface area contributed by atoms with Crippen LogP contribution in [-0.2, 0) is 4.74 Å². The maximum Gasteiger partial charge on any atom is 0.193 e. The van der Waals surface area contributed by atoms with Gasteiger partial charge < -0.3 is 25.3 Å². The number of benzene rings is 1. The van der Waals surface area contributed by atoms with Gasteiger partial charge in [0.05, 0.1) is 32.1 Å². The van der Waals surface area contributed by atoms with Crippen molar-refractivity contribution in [3.8, 4) is 11.5 Å². The molecule has 0 aliphatic carbocycles. The molecule has 0 bridgehead atoms. The van der Waals surface area contributed by atoms with Crippen molar-refractivity contribution in [2.45, 2.75) is 20.8 Å². The van der Waals surface area contributed by atoms with E-state index in [-0.39, 0.29) is 24.0 Å². The molecule has 0 saturated carbocycles. The van der Waals surface area contributed by atoms with E-state index in [2.05, 4.69) is 22.1 Å². The average Bonchev–Trinajstić information content (AvgIpc) is 2.63. The Balaban J connectivity index is 0.00000364. The van der Waals surface area contributed by atoms with Gasteiger partial charge in [-0.1, -0.05) is 6.92 Å². The van der Waals surface area contributed by atoms with E-state index in [1.807, 2.05) is 32.0 Å². The lowest BCUT2D eigenvalue weighted by atomic mass is 10.1. The zero-order valence-electron chi connectivity index (χ0n) is 16.6. The van der Waals surface area contributed by atoms with Crippen LogP contribution in [0.5, 0.6) is 11.5 Å². The predicted octanol–water partition coefficient (Wildman–Crippen LogP) is 2.80. The summed E-state index contributed by atoms with van der Waals surface area (Å²) in [4.78, 5) is 6.90. The number of morpholine rings is 1. The van der Waals surface area contributed by atoms with Crippen molar-refractivity contribution in [1.82, 2.24) is 4.90 Å². The molecule has 2 rings (SSSR count). The Morgan fingerprint density at radius 3 is 2.63 bits per heavy atom. The van der Waals surface area contributed by atoms with Gasteiger partial charge in [-0.2, -0.15) is 0 Å². The van der Waals surface area contributed by atoms with Gasteiger partial charge >= 0.3 is 0 Å². The molecule has 0 spiro atoms. The van der Waals surface area contributed by atoms with Gasteiger partial charge in [0.2, 0.25) is 0 Å². The highest BCUT2D eigenvalue weighted by atomic mass is 127. The van der Waals surface area contributed by atoms with E-state index in [0.29, 0.717) is 31.6 Å². The SMILES string of the molecule is CCOc1ccc(OCC)c(NC(N)=NCC(C)CN2CCOCC2)c1.I. The zero-order chi connectivity index (χ0) is 18.8. The highest BCUT2D eigenvalue weighted by Crippen LogP contribution is 2.29. The van der Waals surface area contributed by atoms with E-state index >= 15 is 0 Å². The first-order valence-corrected chi connectivity index (χ1v) is 9.39. The van der Waals surface area contributed by atoms with Crippen LogP contribution in [0.15, 0.2) is 23.2 Å². The van der Waals surface area contributed by atoms with Crippen LogP contribution in [0.4, 0.5) is 5.69 Å². The first-order chi connectivity index (χ1) is 12.6. The van der Waals surface area contributed by atoms with Crippen molar-refractivity contribution in [1.29, 1.82) is 0 Å². The highest BCUT2D eigenvalue weighted by molar-refractivity contribution is 14.0. The van der Waals surface area contributed by atoms with E-state index in [1.54, 1.807) is 0 Å². The van der Waals surface area contributed by atoms with Gasteiger partial charge in [0.1, 0.15) is 11.5 Å². The molecule has 7 nitrogen and oxygen atoms in total. The van der Waals surface area contributed by atoms with Crippen molar-refractivity contribution in [3.63, 3.8) is 0 Å². The Bertz CT molecular complexity index is 580. The zero-order valence-corrected chi connectivity index (χ0v) is 18.9. The Kier molecular flexibility index (Phi) is 11.5. The molecule has 0 radical (unpaired) electrons. The van der Waals surface area contributed by atoms with Crippen molar-refractivity contribution >= 4 is 35.6 Å². The molecule has 0 aromatic heterocycles. The molecule has 1 saturated heterocycles. The molecule has 1 unspecified atom stereocenters. The molecule has 154 valence electrons. The topological polar surface area (TPSA) is 81.3 Å². The minimum Gasteiger partial charge on any atom is -0.494 e. The van der Waals surface area contributed by atoms with Gasteiger partial charge in [-0.3, -0.25) is 9.89 Å². The largest absolute Gasteiger partial charge is 0.494 e. The van der Waals surface area contributed by atoms with Crippen LogP contribution in [0.25, 0.3) is 0 Å². The molecular formula is C19H33IN4O3. The second-order valence-electron chi connectivity index (χ2n) is 6.39. The molecule has 1 aromatic carbocycles. The quantitative estimate of drug-likeness (QED) is 0.314. The normalized spacial score (nSPS) is 16.3. The number of ether oxygens (including phenoxy) is 3. The molecule has 27 heavy (non-hydrogen) atoms. The maximum absolute atomic E-state index is 6.09. The van der Waals surface area contributed by atoms with Crippen molar-refractivity contribution in [2.75, 3.05) is 57.9 Å². The van der Waals surface area contributed by atoms with Crippen molar-refractivity contribution < 1.29 is 14.2 Å². The fraction of sp³-hybridized carbons (Fsp3) is 0.632. The van der Waals surface area contributed by atoms with E-state index in [9.17, 15) is 0 Å². The number of guanidine groups is 1. The summed E-state index contributed by atoms with van der Waals surface area (Å²) in [6.07, 6.45) is 0. The van der Waals surface area contributed by atoms with E-state index in [4.69, 9.17) is 19.9 Å². The van der Waals surface area contributed by atoms with E-state index < -0.39 is 0 Å². The third-order valence-electron chi connectivity index (χ3n) is 4.07. The van der Waals surface area contributed by atoms with Crippen molar-refractivity contribution in [2.24, 2.45) is 16.6 Å². The Morgan fingerprint density at radius 1 is 1.26 bits per heavy atom. The van der Waals surface area contributed by atoms with Gasteiger partial charge in [0.15, 0.2) is 5.96 Å². The molecular weight excluding hydrogens is 459 g/mol. The Labute approximate surface area is 179 Å². The van der Waals surface area contributed by atoms with Crippen molar-refractivity contribution in [3.05, 3.63) is 18.2 Å². The summed E-state index contributed by atoms with van der Waals surface area (Å²) < 4.78 is 16.6. The Morgan fingerprint density at radius 2 is 1.96 bits per heavy atom. The summed E-state index contributed by atoms with van der Waals surface area (Å²) in [5.74, 6) is 2.31. The minimum absolute atomic E-state index is 0. The van der Waals surface area contributed by atoms with E-state index in [1.165, 1.54) is 0 Å². The predicted molar refractivity (Wildman–Crippen MR) is 121 cm³/mol. The molecule has 1 aromatic rings. The third kappa shape index (κ3) is 8.52. The number of anilines is 1. The fourth-order valence-corrected chi connectivity index (χ4v) is 2.86. The molecule has 8 heteroatoms. The summed E-state index contributed by atoms with van der Waals surface area (Å²) in [6.45, 7) is 12.6. The number of halogens is 1. The molecule has 1 fully saturated rings. The third-order valence-corrected chi connectivity index (χ3v) is 4.07. The lowest BCUT2D eigenvalue weighted by Gasteiger charge is -2.28. The van der Waals surface area contributed by atoms with Crippen LogP contribution in [0, 0.1) is 5.92 Å². The number of aliphatic imine (C=N–C) groups is 1. The minimum atomic E-state index is 0. The summed E-state index contributed by atoms with van der Waals surface area (Å²) >= 11 is 0. The molecule has 3 N–H and O–H groups in total. The average molecular weight is 492 g/mol. The highest BCUT2D eigenvalue weighted by Gasteiger charge is 2.13. The smallest absolute Gasteiger partial charge is 0.193 e. The molecule has 1 atom stereocenters. The molecule has 1 aliphatic rings. The number of nitrogens with two attached hydrogens (primary N) is 1. The number of hydrogen-bond acceptors (Lipinski definition) is 5. The summed E-state index contributed by atoms with van der Waals surface area (Å²) in [5.41, 5.74) is 6.85. The summed E-state index contributed by atoms with van der Waals surface area (Å²) in [5, 5.41) is 3.14. The summed E-state index contributed by atoms with van der Waals surface area (Å²) in [7, 11) is 0. The number of nitrogens with zero attached hydrogens (tertiary/aromatic N) is 2. The van der Waals surface area contributed by atoms with Gasteiger partial charge in [0.25, 0.3) is 0 Å². The Hall–Kier alpha value is -1.26. The van der Waals surface area contributed by atoms with Gasteiger partial charge in [-0.25, -0.2) is 0 Å². The van der Waals surface area contributed by atoms with Crippen LogP contribution in [0.2, 0.25) is 0 Å². The number of hydrogen-bond donors (Lipinski definition) is 2. The van der Waals surface area contributed by atoms with Gasteiger partial charge in [-0.15, -0.1) is 24.0 Å². The molecule has 1 aliphatic heterocycles. The lowest BCUT2D eigenvalue weighted by molar-refractivity contribution is 0.0323. The fourth-order valence-electron chi connectivity index (χ4n) is 2.86. The van der Waals surface area contributed by atoms with Crippen LogP contribution in [-0.4, -0.2) is 63.5 Å². The van der Waals surface area contributed by atoms with Gasteiger partial charge in [0, 0.05) is 32.2 Å². The van der Waals surface area contributed by atoms with Crippen LogP contribution in [0.3, 0.4) is 0 Å². The van der Waals surface area contributed by atoms with Gasteiger partial charge in [-0.05, 0) is 31.9 Å². The number of nitrogens with one attached hydrogen (secondary N) is 1. The van der Waals surface area contributed by atoms with E-state index in [0.717, 1.165) is 50.0 Å². The van der Waals surface area contributed by atoms with Crippen LogP contribution < -0.4 is 20.5 Å². The maximum atomic E-state index is 6.09. The first-order valence-electron chi connectivity index (χ1n) is 9.39. The van der Waals surface area contributed by atoms with Crippen LogP contribution >= 0.6 is 24.0 Å². The first kappa shape index (κ1) is 23.8. The second kappa shape index (κ2) is 13.0. The number of rotatable bonds is 9. The van der Waals surface area contributed by atoms with Crippen LogP contribution in [0.1, 0.15) is 20.8 Å². The molecule has 1 heterocycles. The monoisotopic (exact) mass is 492 g/mol. The summed E-state index contributed by atoms with van der Waals surface area (Å²) in [6, 6.07) is 5.65. The second-order valence-corrected chi connectivity index (χ2v) is 6.39. The molecule has 0 amide bonds.